The zero-order valence-corrected chi connectivity index (χ0v) is 44.1. The maximum Gasteiger partial charge on any atom is 0.306 e. The molecule has 4 saturated heterocycles. The summed E-state index contributed by atoms with van der Waals surface area (Å²) in [5.74, 6) is -1.02. The summed E-state index contributed by atoms with van der Waals surface area (Å²) in [7, 11) is 0. The number of esters is 3. The average molecular weight is 979 g/mol. The molecule has 402 valence electrons. The minimum atomic E-state index is -0.835. The lowest BCUT2D eigenvalue weighted by Gasteiger charge is -2.18. The van der Waals surface area contributed by atoms with E-state index in [4.69, 9.17) is 33.2 Å². The topological polar surface area (TPSA) is 169 Å². The fraction of sp³-hybridized carbons (Fsp3) is 0.947. The molecule has 11 unspecified atom stereocenters. The number of carbonyl (C=O) groups is 3. The summed E-state index contributed by atoms with van der Waals surface area (Å²) >= 11 is 0. The summed E-state index contributed by atoms with van der Waals surface area (Å²) in [5, 5.41) is 20.3. The standard InChI is InChI=1S/C57H102O12/c1-4-7-9-10-15-23-31-44(58)32-24-16-11-12-19-29-38-57(62)65-46(42-63-55(60)36-27-20-13-17-25-34-48-52(67-48)40-51-47(66-51)33-22-8-5-2)43-64-56(61)37-28-21-14-18-26-35-49-53(68-49)41-54-50(69-54)39-45(59)30-6-3/h44-54,58-59H,4-43H2,1-3H3. The average Bonchev–Trinajstić information content (AvgIpc) is 4.17. The van der Waals surface area contributed by atoms with Crippen LogP contribution in [-0.2, 0) is 47.5 Å². The number of ether oxygens (including phenoxy) is 7. The number of aliphatic hydroxyl groups is 2. The van der Waals surface area contributed by atoms with Gasteiger partial charge in [-0.25, -0.2) is 0 Å². The molecule has 0 aliphatic carbocycles. The molecule has 0 aromatic carbocycles. The summed E-state index contributed by atoms with van der Waals surface area (Å²) in [5.41, 5.74) is 0. The molecule has 4 aliphatic rings. The van der Waals surface area contributed by atoms with E-state index in [-0.39, 0.29) is 62.0 Å². The van der Waals surface area contributed by atoms with Gasteiger partial charge >= 0.3 is 17.9 Å². The van der Waals surface area contributed by atoms with Crippen molar-refractivity contribution in [1.29, 1.82) is 0 Å². The first-order valence-electron chi connectivity index (χ1n) is 29.2. The van der Waals surface area contributed by atoms with Crippen LogP contribution < -0.4 is 0 Å². The van der Waals surface area contributed by atoms with Gasteiger partial charge in [0.05, 0.1) is 61.0 Å². The quantitative estimate of drug-likeness (QED) is 0.0256. The molecule has 0 saturated carbocycles. The van der Waals surface area contributed by atoms with E-state index in [1.165, 1.54) is 57.8 Å². The first-order chi connectivity index (χ1) is 33.7. The lowest BCUT2D eigenvalue weighted by Crippen LogP contribution is -2.30. The van der Waals surface area contributed by atoms with Gasteiger partial charge in [0.25, 0.3) is 0 Å². The van der Waals surface area contributed by atoms with Gasteiger partial charge < -0.3 is 43.4 Å². The second kappa shape index (κ2) is 37.0. The van der Waals surface area contributed by atoms with E-state index in [0.29, 0.717) is 55.9 Å². The molecule has 11 atom stereocenters. The van der Waals surface area contributed by atoms with Crippen LogP contribution in [0, 0.1) is 0 Å². The van der Waals surface area contributed by atoms with Crippen molar-refractivity contribution < 1.29 is 57.8 Å². The molecule has 0 radical (unpaired) electrons. The minimum absolute atomic E-state index is 0.127. The van der Waals surface area contributed by atoms with Crippen LogP contribution in [0.3, 0.4) is 0 Å². The maximum atomic E-state index is 12.9. The predicted octanol–water partition coefficient (Wildman–Crippen LogP) is 12.7. The Kier molecular flexibility index (Phi) is 32.0. The third kappa shape index (κ3) is 30.1. The molecule has 0 aromatic heterocycles. The SMILES string of the molecule is CCCCCCCCC(O)CCCCCCCCC(=O)OC(COC(=O)CCCCCCCC1OC1CC1OC1CCCCC)COC(=O)CCCCCCCC1OC1CC1OC1CC(O)CCC. The molecule has 0 spiro atoms. The second-order valence-corrected chi connectivity index (χ2v) is 21.5. The number of hydrogen-bond donors (Lipinski definition) is 2. The van der Waals surface area contributed by atoms with Crippen molar-refractivity contribution >= 4 is 17.9 Å². The Morgan fingerprint density at radius 3 is 1.22 bits per heavy atom. The lowest BCUT2D eigenvalue weighted by molar-refractivity contribution is -0.167. The lowest BCUT2D eigenvalue weighted by atomic mass is 10.0. The van der Waals surface area contributed by atoms with E-state index in [1.54, 1.807) is 0 Å². The Morgan fingerprint density at radius 2 is 0.754 bits per heavy atom. The molecule has 4 aliphatic heterocycles. The number of epoxide rings is 4. The summed E-state index contributed by atoms with van der Waals surface area (Å²) in [6.07, 6.45) is 39.0. The van der Waals surface area contributed by atoms with Gasteiger partial charge in [-0.2, -0.15) is 0 Å². The van der Waals surface area contributed by atoms with Crippen molar-refractivity contribution in [2.24, 2.45) is 0 Å². The highest BCUT2D eigenvalue weighted by Gasteiger charge is 2.48. The summed E-state index contributed by atoms with van der Waals surface area (Å²) in [6.45, 7) is 6.30. The van der Waals surface area contributed by atoms with Gasteiger partial charge in [0, 0.05) is 38.5 Å². The fourth-order valence-electron chi connectivity index (χ4n) is 10.1. The first-order valence-corrected chi connectivity index (χ1v) is 29.2. The maximum absolute atomic E-state index is 12.9. The Morgan fingerprint density at radius 1 is 0.391 bits per heavy atom. The Hall–Kier alpha value is -1.83. The van der Waals surface area contributed by atoms with Crippen molar-refractivity contribution in [2.45, 2.75) is 332 Å². The van der Waals surface area contributed by atoms with Crippen LogP contribution >= 0.6 is 0 Å². The van der Waals surface area contributed by atoms with Crippen LogP contribution in [-0.4, -0.2) is 108 Å². The number of unbranched alkanes of at least 4 members (excludes halogenated alkanes) is 20. The molecule has 69 heavy (non-hydrogen) atoms. The smallest absolute Gasteiger partial charge is 0.306 e. The van der Waals surface area contributed by atoms with Gasteiger partial charge in [0.1, 0.15) is 13.2 Å². The Balaban J connectivity index is 1.01. The Labute approximate surface area is 419 Å². The highest BCUT2D eigenvalue weighted by molar-refractivity contribution is 5.71. The van der Waals surface area contributed by atoms with E-state index >= 15 is 0 Å². The summed E-state index contributed by atoms with van der Waals surface area (Å²) in [4.78, 5) is 38.3. The molecule has 4 rings (SSSR count). The van der Waals surface area contributed by atoms with Gasteiger partial charge in [-0.05, 0) is 57.8 Å². The number of carbonyl (C=O) groups excluding carboxylic acids is 3. The van der Waals surface area contributed by atoms with Gasteiger partial charge in [0.15, 0.2) is 6.10 Å². The summed E-state index contributed by atoms with van der Waals surface area (Å²) < 4.78 is 40.2. The van der Waals surface area contributed by atoms with Crippen LogP contribution in [0.25, 0.3) is 0 Å². The normalized spacial score (nSPS) is 24.7. The van der Waals surface area contributed by atoms with E-state index < -0.39 is 6.10 Å². The van der Waals surface area contributed by atoms with Crippen LogP contribution in [0.15, 0.2) is 0 Å². The minimum Gasteiger partial charge on any atom is -0.462 e. The fourth-order valence-corrected chi connectivity index (χ4v) is 10.1. The third-order valence-corrected chi connectivity index (χ3v) is 14.9. The van der Waals surface area contributed by atoms with Crippen LogP contribution in [0.4, 0.5) is 0 Å². The van der Waals surface area contributed by atoms with Gasteiger partial charge in [-0.3, -0.25) is 14.4 Å². The van der Waals surface area contributed by atoms with E-state index in [2.05, 4.69) is 20.8 Å². The van der Waals surface area contributed by atoms with E-state index in [0.717, 1.165) is 161 Å². The van der Waals surface area contributed by atoms with E-state index in [9.17, 15) is 24.6 Å². The molecular formula is C57H102O12. The number of hydrogen-bond acceptors (Lipinski definition) is 12. The number of rotatable bonds is 49. The van der Waals surface area contributed by atoms with Crippen molar-refractivity contribution in [3.8, 4) is 0 Å². The van der Waals surface area contributed by atoms with Crippen molar-refractivity contribution in [1.82, 2.24) is 0 Å². The zero-order valence-electron chi connectivity index (χ0n) is 44.1. The predicted molar refractivity (Wildman–Crippen MR) is 271 cm³/mol. The monoisotopic (exact) mass is 979 g/mol. The van der Waals surface area contributed by atoms with Crippen molar-refractivity contribution in [2.75, 3.05) is 13.2 Å². The van der Waals surface area contributed by atoms with Crippen LogP contribution in [0.2, 0.25) is 0 Å². The van der Waals surface area contributed by atoms with Gasteiger partial charge in [0.2, 0.25) is 0 Å². The largest absolute Gasteiger partial charge is 0.462 e. The molecule has 12 heteroatoms. The molecular weight excluding hydrogens is 877 g/mol. The molecule has 0 bridgehead atoms. The van der Waals surface area contributed by atoms with Crippen molar-refractivity contribution in [3.05, 3.63) is 0 Å². The molecule has 2 N–H and O–H groups in total. The van der Waals surface area contributed by atoms with Crippen LogP contribution in [0.5, 0.6) is 0 Å². The van der Waals surface area contributed by atoms with Crippen molar-refractivity contribution in [3.63, 3.8) is 0 Å². The second-order valence-electron chi connectivity index (χ2n) is 21.5. The highest BCUT2D eigenvalue weighted by atomic mass is 16.6. The molecule has 0 amide bonds. The molecule has 4 fully saturated rings. The van der Waals surface area contributed by atoms with Gasteiger partial charge in [-0.15, -0.1) is 0 Å². The van der Waals surface area contributed by atoms with Crippen LogP contribution in [0.1, 0.15) is 265 Å². The van der Waals surface area contributed by atoms with Gasteiger partial charge in [-0.1, -0.05) is 168 Å². The molecule has 12 nitrogen and oxygen atoms in total. The zero-order chi connectivity index (χ0) is 49.3. The number of aliphatic hydroxyl groups excluding tert-OH is 2. The first kappa shape index (κ1) is 59.7. The third-order valence-electron chi connectivity index (χ3n) is 14.9. The molecule has 4 heterocycles. The highest BCUT2D eigenvalue weighted by Crippen LogP contribution is 2.40. The summed E-state index contributed by atoms with van der Waals surface area (Å²) in [6, 6.07) is 0. The van der Waals surface area contributed by atoms with E-state index in [1.807, 2.05) is 0 Å². The molecule has 0 aromatic rings. The Bertz CT molecular complexity index is 1330.